The first-order valence-corrected chi connectivity index (χ1v) is 7.45. The Morgan fingerprint density at radius 3 is 2.44 bits per heavy atom. The molecule has 92 valence electrons. The summed E-state index contributed by atoms with van der Waals surface area (Å²) in [6.07, 6.45) is 0. The number of nitrogens with one attached hydrogen (secondary N) is 1. The molecule has 0 saturated heterocycles. The van der Waals surface area contributed by atoms with Gasteiger partial charge in [0, 0.05) is 17.5 Å². The van der Waals surface area contributed by atoms with Gasteiger partial charge in [0.25, 0.3) is 0 Å². The largest absolute Gasteiger partial charge is 0.329 e. The smallest absolute Gasteiger partial charge is 0.250 e. The lowest BCUT2D eigenvalue weighted by Crippen LogP contribution is -2.43. The molecule has 1 unspecified atom stereocenters. The van der Waals surface area contributed by atoms with Crippen LogP contribution in [-0.2, 0) is 10.0 Å². The highest BCUT2D eigenvalue weighted by atomic mass is 32.2. The molecule has 0 aliphatic heterocycles. The van der Waals surface area contributed by atoms with Gasteiger partial charge in [0.05, 0.1) is 0 Å². The minimum atomic E-state index is -3.41. The average molecular weight is 262 g/mol. The monoisotopic (exact) mass is 262 g/mol. The van der Waals surface area contributed by atoms with E-state index in [1.54, 1.807) is 12.1 Å². The van der Waals surface area contributed by atoms with Gasteiger partial charge < -0.3 is 5.73 Å². The number of thiophene rings is 1. The third kappa shape index (κ3) is 3.28. The molecular weight excluding hydrogens is 244 g/mol. The van der Waals surface area contributed by atoms with E-state index in [0.717, 1.165) is 4.88 Å². The molecule has 0 saturated carbocycles. The van der Waals surface area contributed by atoms with Crippen molar-refractivity contribution in [3.63, 3.8) is 0 Å². The molecule has 0 aliphatic rings. The van der Waals surface area contributed by atoms with Crippen LogP contribution < -0.4 is 10.5 Å². The van der Waals surface area contributed by atoms with E-state index in [1.165, 1.54) is 11.3 Å². The van der Waals surface area contributed by atoms with Gasteiger partial charge in [-0.05, 0) is 25.0 Å². The van der Waals surface area contributed by atoms with Gasteiger partial charge in [0.15, 0.2) is 0 Å². The molecule has 16 heavy (non-hydrogen) atoms. The van der Waals surface area contributed by atoms with E-state index in [0.29, 0.717) is 10.8 Å². The molecule has 1 heterocycles. The number of nitrogens with two attached hydrogens (primary N) is 1. The molecule has 0 amide bonds. The molecule has 0 radical (unpaired) electrons. The lowest BCUT2D eigenvalue weighted by Gasteiger charge is -2.19. The molecule has 0 aliphatic carbocycles. The molecule has 0 bridgehead atoms. The Morgan fingerprint density at radius 2 is 2.06 bits per heavy atom. The van der Waals surface area contributed by atoms with E-state index in [9.17, 15) is 8.42 Å². The van der Waals surface area contributed by atoms with Gasteiger partial charge in [0.2, 0.25) is 10.0 Å². The number of rotatable bonds is 5. The molecular formula is C10H18N2O2S2. The maximum atomic E-state index is 12.0. The Balaban J connectivity index is 2.87. The van der Waals surface area contributed by atoms with Gasteiger partial charge in [-0.15, -0.1) is 11.3 Å². The average Bonchev–Trinajstić information content (AvgIpc) is 2.61. The van der Waals surface area contributed by atoms with Crippen LogP contribution in [-0.4, -0.2) is 21.0 Å². The van der Waals surface area contributed by atoms with Crippen molar-refractivity contribution in [2.75, 3.05) is 6.54 Å². The van der Waals surface area contributed by atoms with Crippen molar-refractivity contribution in [2.45, 2.75) is 31.0 Å². The highest BCUT2D eigenvalue weighted by Gasteiger charge is 2.22. The van der Waals surface area contributed by atoms with Crippen LogP contribution in [0.3, 0.4) is 0 Å². The van der Waals surface area contributed by atoms with Crippen molar-refractivity contribution in [3.8, 4) is 0 Å². The molecule has 4 nitrogen and oxygen atoms in total. The van der Waals surface area contributed by atoms with Crippen LogP contribution in [0.15, 0.2) is 16.3 Å². The summed E-state index contributed by atoms with van der Waals surface area (Å²) in [7, 11) is -3.41. The summed E-state index contributed by atoms with van der Waals surface area (Å²) < 4.78 is 26.9. The summed E-state index contributed by atoms with van der Waals surface area (Å²) in [5.41, 5.74) is 5.54. The first-order valence-electron chi connectivity index (χ1n) is 5.15. The first-order chi connectivity index (χ1) is 7.36. The molecule has 0 fully saturated rings. The Morgan fingerprint density at radius 1 is 1.44 bits per heavy atom. The fourth-order valence-corrected chi connectivity index (χ4v) is 3.97. The van der Waals surface area contributed by atoms with Gasteiger partial charge in [-0.1, -0.05) is 13.8 Å². The maximum absolute atomic E-state index is 12.0. The van der Waals surface area contributed by atoms with Crippen LogP contribution in [0.25, 0.3) is 0 Å². The van der Waals surface area contributed by atoms with E-state index in [2.05, 4.69) is 4.72 Å². The molecule has 3 N–H and O–H groups in total. The second-order valence-corrected chi connectivity index (χ2v) is 7.30. The second-order valence-electron chi connectivity index (χ2n) is 4.07. The zero-order valence-electron chi connectivity index (χ0n) is 9.73. The van der Waals surface area contributed by atoms with Crippen LogP contribution in [0, 0.1) is 12.8 Å². The van der Waals surface area contributed by atoms with Crippen LogP contribution >= 0.6 is 11.3 Å². The Labute approximate surface area is 101 Å². The van der Waals surface area contributed by atoms with Crippen molar-refractivity contribution in [2.24, 2.45) is 11.7 Å². The van der Waals surface area contributed by atoms with Crippen LogP contribution in [0.5, 0.6) is 0 Å². The van der Waals surface area contributed by atoms with E-state index in [1.807, 2.05) is 20.8 Å². The van der Waals surface area contributed by atoms with Gasteiger partial charge in [-0.25, -0.2) is 13.1 Å². The van der Waals surface area contributed by atoms with Crippen molar-refractivity contribution < 1.29 is 8.42 Å². The van der Waals surface area contributed by atoms with Crippen molar-refractivity contribution in [1.29, 1.82) is 0 Å². The summed E-state index contributed by atoms with van der Waals surface area (Å²) in [5.74, 6) is 0.181. The van der Waals surface area contributed by atoms with Crippen molar-refractivity contribution in [1.82, 2.24) is 4.72 Å². The fourth-order valence-electron chi connectivity index (χ4n) is 1.27. The molecule has 1 aromatic rings. The topological polar surface area (TPSA) is 72.2 Å². The number of hydrogen-bond donors (Lipinski definition) is 2. The van der Waals surface area contributed by atoms with Gasteiger partial charge in [0.1, 0.15) is 4.21 Å². The maximum Gasteiger partial charge on any atom is 0.250 e. The first kappa shape index (κ1) is 13.6. The van der Waals surface area contributed by atoms with E-state index in [-0.39, 0.29) is 12.0 Å². The highest BCUT2D eigenvalue weighted by Crippen LogP contribution is 2.21. The highest BCUT2D eigenvalue weighted by molar-refractivity contribution is 7.91. The number of aryl methyl sites for hydroxylation is 1. The zero-order valence-corrected chi connectivity index (χ0v) is 11.4. The minimum absolute atomic E-state index is 0.181. The van der Waals surface area contributed by atoms with E-state index >= 15 is 0 Å². The summed E-state index contributed by atoms with van der Waals surface area (Å²) in [5, 5.41) is 0. The molecule has 0 spiro atoms. The van der Waals surface area contributed by atoms with Crippen molar-refractivity contribution in [3.05, 3.63) is 17.0 Å². The Kier molecular flexibility index (Phi) is 4.49. The summed E-state index contributed by atoms with van der Waals surface area (Å²) in [6.45, 7) is 6.08. The van der Waals surface area contributed by atoms with Gasteiger partial charge >= 0.3 is 0 Å². The van der Waals surface area contributed by atoms with Gasteiger partial charge in [-0.3, -0.25) is 0 Å². The Hall–Kier alpha value is -0.430. The van der Waals surface area contributed by atoms with Crippen molar-refractivity contribution >= 4 is 21.4 Å². The quantitative estimate of drug-likeness (QED) is 0.840. The van der Waals surface area contributed by atoms with E-state index < -0.39 is 10.0 Å². The number of hydrogen-bond acceptors (Lipinski definition) is 4. The van der Waals surface area contributed by atoms with Crippen LogP contribution in [0.4, 0.5) is 0 Å². The third-order valence-corrected chi connectivity index (χ3v) is 5.33. The minimum Gasteiger partial charge on any atom is -0.329 e. The summed E-state index contributed by atoms with van der Waals surface area (Å²) in [4.78, 5) is 0.981. The lowest BCUT2D eigenvalue weighted by molar-refractivity contribution is 0.455. The standard InChI is InChI=1S/C10H18N2O2S2/c1-7(2)9(6-11)12-16(13,14)10-5-4-8(3)15-10/h4-5,7,9,12H,6,11H2,1-3H3. The zero-order chi connectivity index (χ0) is 12.3. The lowest BCUT2D eigenvalue weighted by atomic mass is 10.1. The third-order valence-electron chi connectivity index (χ3n) is 2.35. The van der Waals surface area contributed by atoms with Gasteiger partial charge in [-0.2, -0.15) is 0 Å². The van der Waals surface area contributed by atoms with Crippen LogP contribution in [0.2, 0.25) is 0 Å². The SMILES string of the molecule is Cc1ccc(S(=O)(=O)NC(CN)C(C)C)s1. The normalized spacial score (nSPS) is 14.3. The molecule has 1 rings (SSSR count). The predicted molar refractivity (Wildman–Crippen MR) is 67.1 cm³/mol. The number of sulfonamides is 1. The molecule has 1 atom stereocenters. The molecule has 0 aromatic carbocycles. The summed E-state index contributed by atoms with van der Waals surface area (Å²) >= 11 is 1.27. The molecule has 6 heteroatoms. The molecule has 1 aromatic heterocycles. The fraction of sp³-hybridized carbons (Fsp3) is 0.600. The second kappa shape index (κ2) is 5.27. The van der Waals surface area contributed by atoms with E-state index in [4.69, 9.17) is 5.73 Å². The summed E-state index contributed by atoms with van der Waals surface area (Å²) in [6, 6.07) is 3.20. The predicted octanol–water partition coefficient (Wildman–Crippen LogP) is 1.32. The van der Waals surface area contributed by atoms with Crippen LogP contribution in [0.1, 0.15) is 18.7 Å². The Bertz CT molecular complexity index is 437.